The number of hydrogen-bond donors (Lipinski definition) is 3. The number of fused-ring (bicyclic) bond motifs is 1. The second kappa shape index (κ2) is 14.7. The van der Waals surface area contributed by atoms with Crippen LogP contribution in [0.15, 0.2) is 36.7 Å². The Morgan fingerprint density at radius 2 is 1.83 bits per heavy atom. The molecule has 0 aliphatic carbocycles. The van der Waals surface area contributed by atoms with E-state index in [9.17, 15) is 4.79 Å². The Balaban J connectivity index is 0.000000672. The molecule has 0 radical (unpaired) electrons. The molecule has 0 saturated heterocycles. The van der Waals surface area contributed by atoms with Crippen LogP contribution in [-0.4, -0.2) is 63.1 Å². The first-order valence-electron chi connectivity index (χ1n) is 9.81. The molecule has 0 atom stereocenters. The molecule has 0 bridgehead atoms. The minimum atomic E-state index is -0.250. The third-order valence-corrected chi connectivity index (χ3v) is 4.66. The zero-order valence-corrected chi connectivity index (χ0v) is 17.2. The van der Waals surface area contributed by atoms with Crippen LogP contribution in [0, 0.1) is 0 Å². The van der Waals surface area contributed by atoms with E-state index >= 15 is 0 Å². The molecule has 2 aromatic rings. The fourth-order valence-electron chi connectivity index (χ4n) is 3.27. The predicted molar refractivity (Wildman–Crippen MR) is 112 cm³/mol. The van der Waals surface area contributed by atoms with Crippen LogP contribution in [0.3, 0.4) is 0 Å². The van der Waals surface area contributed by atoms with Gasteiger partial charge in [0.05, 0.1) is 0 Å². The zero-order chi connectivity index (χ0) is 22.2. The summed E-state index contributed by atoms with van der Waals surface area (Å²) in [6, 6.07) is 8.63. The Morgan fingerprint density at radius 3 is 2.50 bits per heavy atom. The van der Waals surface area contributed by atoms with Crippen molar-refractivity contribution >= 4 is 18.9 Å². The average Bonchev–Trinajstić information content (AvgIpc) is 3.21. The predicted octanol–water partition coefficient (Wildman–Crippen LogP) is 1.41. The van der Waals surface area contributed by atoms with Gasteiger partial charge in [-0.3, -0.25) is 19.3 Å². The molecule has 9 heteroatoms. The number of hydrogen-bond acceptors (Lipinski definition) is 5. The van der Waals surface area contributed by atoms with Gasteiger partial charge in [-0.1, -0.05) is 31.2 Å². The van der Waals surface area contributed by atoms with Crippen molar-refractivity contribution in [2.45, 2.75) is 39.3 Å². The normalized spacial score (nSPS) is 12.3. The first-order valence-corrected chi connectivity index (χ1v) is 9.81. The van der Waals surface area contributed by atoms with Gasteiger partial charge < -0.3 is 20.1 Å². The maximum atomic E-state index is 12.0. The van der Waals surface area contributed by atoms with Crippen molar-refractivity contribution in [2.75, 3.05) is 19.6 Å². The van der Waals surface area contributed by atoms with E-state index in [0.717, 1.165) is 38.3 Å². The highest BCUT2D eigenvalue weighted by Gasteiger charge is 2.15. The maximum absolute atomic E-state index is 12.0. The van der Waals surface area contributed by atoms with Crippen LogP contribution in [0.5, 0.6) is 0 Å². The van der Waals surface area contributed by atoms with Crippen molar-refractivity contribution in [3.05, 3.63) is 53.6 Å². The molecule has 1 amide bonds. The molecular formula is C21H30N4O5. The minimum absolute atomic E-state index is 0.114. The number of carbonyl (C=O) groups is 3. The largest absolute Gasteiger partial charge is 0.483 e. The zero-order valence-electron chi connectivity index (χ0n) is 17.2. The van der Waals surface area contributed by atoms with E-state index in [0.29, 0.717) is 19.5 Å². The molecule has 3 rings (SSSR count). The number of carboxylic acid groups (broad SMARTS) is 2. The third-order valence-electron chi connectivity index (χ3n) is 4.66. The van der Waals surface area contributed by atoms with Crippen molar-refractivity contribution < 1.29 is 24.6 Å². The summed E-state index contributed by atoms with van der Waals surface area (Å²) in [6.07, 6.45) is 6.24. The van der Waals surface area contributed by atoms with Crippen LogP contribution in [0.2, 0.25) is 0 Å². The monoisotopic (exact) mass is 418 g/mol. The number of carbonyl (C=O) groups excluding carboxylic acids is 1. The fourth-order valence-corrected chi connectivity index (χ4v) is 3.27. The molecular weight excluding hydrogens is 388 g/mol. The Kier molecular flexibility index (Phi) is 12.2. The lowest BCUT2D eigenvalue weighted by atomic mass is 10.00. The average molecular weight is 418 g/mol. The Bertz CT molecular complexity index is 772. The Labute approximate surface area is 176 Å². The minimum Gasteiger partial charge on any atom is -0.483 e. The number of imidazole rings is 1. The maximum Gasteiger partial charge on any atom is 0.290 e. The van der Waals surface area contributed by atoms with Crippen LogP contribution in [0.25, 0.3) is 0 Å². The summed E-state index contributed by atoms with van der Waals surface area (Å²) in [6.45, 7) is 5.96. The van der Waals surface area contributed by atoms with Gasteiger partial charge in [0.1, 0.15) is 5.82 Å². The van der Waals surface area contributed by atoms with Gasteiger partial charge in [0.2, 0.25) is 5.91 Å². The first kappa shape index (κ1) is 24.8. The standard InChI is InChI=1S/C19H26N4O.2CH2O2/c1-2-18-20-10-14-23(18)12-8-19(24)21-9-13-22-11-7-16-5-3-4-6-17(16)15-22;2*2-1-3/h3-6,10,14H,2,7-9,11-13,15H2,1H3,(H,21,24);2*1H,(H,2,3). The molecule has 0 spiro atoms. The fraction of sp³-hybridized carbons (Fsp3) is 0.429. The Morgan fingerprint density at radius 1 is 1.17 bits per heavy atom. The molecule has 9 nitrogen and oxygen atoms in total. The summed E-state index contributed by atoms with van der Waals surface area (Å²) in [5, 5.41) is 16.8. The van der Waals surface area contributed by atoms with Gasteiger partial charge in [-0.2, -0.15) is 0 Å². The molecule has 0 fully saturated rings. The van der Waals surface area contributed by atoms with Crippen LogP contribution in [-0.2, 0) is 40.3 Å². The number of benzene rings is 1. The van der Waals surface area contributed by atoms with E-state index in [-0.39, 0.29) is 18.9 Å². The molecule has 1 aromatic carbocycles. The van der Waals surface area contributed by atoms with Crippen molar-refractivity contribution in [2.24, 2.45) is 0 Å². The smallest absolute Gasteiger partial charge is 0.290 e. The van der Waals surface area contributed by atoms with Gasteiger partial charge in [-0.25, -0.2) is 4.98 Å². The molecule has 30 heavy (non-hydrogen) atoms. The second-order valence-corrected chi connectivity index (χ2v) is 6.50. The lowest BCUT2D eigenvalue weighted by Gasteiger charge is -2.28. The number of nitrogens with one attached hydrogen (secondary N) is 1. The van der Waals surface area contributed by atoms with E-state index in [1.54, 1.807) is 6.20 Å². The lowest BCUT2D eigenvalue weighted by molar-refractivity contribution is -0.123. The van der Waals surface area contributed by atoms with Crippen LogP contribution < -0.4 is 5.32 Å². The van der Waals surface area contributed by atoms with Crippen molar-refractivity contribution in [1.29, 1.82) is 0 Å². The molecule has 0 unspecified atom stereocenters. The van der Waals surface area contributed by atoms with Crippen molar-refractivity contribution in [1.82, 2.24) is 19.8 Å². The lowest BCUT2D eigenvalue weighted by Crippen LogP contribution is -2.38. The number of aromatic nitrogens is 2. The van der Waals surface area contributed by atoms with Gasteiger partial charge in [0.15, 0.2) is 0 Å². The third kappa shape index (κ3) is 8.87. The van der Waals surface area contributed by atoms with Crippen LogP contribution in [0.4, 0.5) is 0 Å². The number of rotatable bonds is 7. The van der Waals surface area contributed by atoms with E-state index in [1.807, 2.05) is 6.20 Å². The van der Waals surface area contributed by atoms with Gasteiger partial charge in [-0.05, 0) is 17.5 Å². The topological polar surface area (TPSA) is 125 Å². The summed E-state index contributed by atoms with van der Waals surface area (Å²) >= 11 is 0. The summed E-state index contributed by atoms with van der Waals surface area (Å²) in [5.41, 5.74) is 2.88. The van der Waals surface area contributed by atoms with Gasteiger partial charge in [0.25, 0.3) is 12.9 Å². The Hall–Kier alpha value is -3.20. The second-order valence-electron chi connectivity index (χ2n) is 6.50. The van der Waals surface area contributed by atoms with Crippen molar-refractivity contribution in [3.63, 3.8) is 0 Å². The van der Waals surface area contributed by atoms with Crippen LogP contribution >= 0.6 is 0 Å². The quantitative estimate of drug-likeness (QED) is 0.581. The molecule has 3 N–H and O–H groups in total. The summed E-state index contributed by atoms with van der Waals surface area (Å²) < 4.78 is 2.06. The summed E-state index contributed by atoms with van der Waals surface area (Å²) in [5.74, 6) is 1.15. The highest BCUT2D eigenvalue weighted by Crippen LogP contribution is 2.17. The SMILES string of the molecule is CCc1nccn1CCC(=O)NCCN1CCc2ccccc2C1.O=CO.O=CO. The number of amides is 1. The first-order chi connectivity index (χ1) is 14.6. The molecule has 164 valence electrons. The van der Waals surface area contributed by atoms with Gasteiger partial charge in [0, 0.05) is 58.0 Å². The van der Waals surface area contributed by atoms with E-state index in [4.69, 9.17) is 19.8 Å². The highest BCUT2D eigenvalue weighted by atomic mass is 16.3. The van der Waals surface area contributed by atoms with Crippen LogP contribution in [0.1, 0.15) is 30.3 Å². The summed E-state index contributed by atoms with van der Waals surface area (Å²) in [7, 11) is 0. The van der Waals surface area contributed by atoms with Gasteiger partial charge in [-0.15, -0.1) is 0 Å². The van der Waals surface area contributed by atoms with E-state index in [1.165, 1.54) is 11.1 Å². The van der Waals surface area contributed by atoms with Crippen molar-refractivity contribution in [3.8, 4) is 0 Å². The number of nitrogens with zero attached hydrogens (tertiary/aromatic N) is 3. The van der Waals surface area contributed by atoms with E-state index < -0.39 is 0 Å². The highest BCUT2D eigenvalue weighted by molar-refractivity contribution is 5.75. The molecule has 1 aliphatic rings. The van der Waals surface area contributed by atoms with E-state index in [2.05, 4.69) is 51.0 Å². The molecule has 0 saturated carbocycles. The van der Waals surface area contributed by atoms with Gasteiger partial charge >= 0.3 is 0 Å². The summed E-state index contributed by atoms with van der Waals surface area (Å²) in [4.78, 5) is 35.4. The molecule has 2 heterocycles. The number of aryl methyl sites for hydroxylation is 2. The molecule has 1 aliphatic heterocycles. The molecule has 1 aromatic heterocycles.